The van der Waals surface area contributed by atoms with E-state index in [0.29, 0.717) is 6.54 Å². The number of alkyl halides is 3. The highest BCUT2D eigenvalue weighted by Gasteiger charge is 2.31. The molecule has 18 heavy (non-hydrogen) atoms. The van der Waals surface area contributed by atoms with Crippen LogP contribution in [0.2, 0.25) is 0 Å². The van der Waals surface area contributed by atoms with Crippen LogP contribution in [-0.4, -0.2) is 4.98 Å². The smallest absolute Gasteiger partial charge is 0.384 e. The predicted molar refractivity (Wildman–Crippen MR) is 65.3 cm³/mol. The average Bonchev–Trinajstić information content (AvgIpc) is 2.77. The van der Waals surface area contributed by atoms with Crippen LogP contribution in [0.5, 0.6) is 0 Å². The van der Waals surface area contributed by atoms with Crippen LogP contribution in [0.3, 0.4) is 0 Å². The molecule has 0 saturated carbocycles. The number of thiophene rings is 1. The van der Waals surface area contributed by atoms with E-state index in [1.54, 1.807) is 0 Å². The van der Waals surface area contributed by atoms with E-state index < -0.39 is 11.7 Å². The first-order valence-corrected chi connectivity index (χ1v) is 5.94. The summed E-state index contributed by atoms with van der Waals surface area (Å²) in [5.74, 6) is -0.0331. The highest BCUT2D eigenvalue weighted by atomic mass is 32.1. The lowest BCUT2D eigenvalue weighted by molar-refractivity contribution is -0.137. The first kappa shape index (κ1) is 12.7. The van der Waals surface area contributed by atoms with E-state index in [1.807, 2.05) is 17.5 Å². The lowest BCUT2D eigenvalue weighted by Crippen LogP contribution is -2.09. The van der Waals surface area contributed by atoms with Crippen LogP contribution in [0.15, 0.2) is 29.6 Å². The van der Waals surface area contributed by atoms with Crippen LogP contribution in [0.4, 0.5) is 24.8 Å². The molecule has 0 fully saturated rings. The summed E-state index contributed by atoms with van der Waals surface area (Å²) in [5, 5.41) is 4.71. The number of rotatable bonds is 3. The molecule has 0 spiro atoms. The lowest BCUT2D eigenvalue weighted by atomic mass is 10.2. The van der Waals surface area contributed by atoms with E-state index >= 15 is 0 Å². The number of nitrogens with zero attached hydrogens (tertiary/aromatic N) is 1. The van der Waals surface area contributed by atoms with Gasteiger partial charge in [0.15, 0.2) is 0 Å². The quantitative estimate of drug-likeness (QED) is 0.901. The highest BCUT2D eigenvalue weighted by Crippen LogP contribution is 2.31. The van der Waals surface area contributed by atoms with Gasteiger partial charge in [0, 0.05) is 4.88 Å². The minimum Gasteiger partial charge on any atom is -0.384 e. The molecule has 0 aliphatic heterocycles. The monoisotopic (exact) mass is 273 g/mol. The Morgan fingerprint density at radius 2 is 2.11 bits per heavy atom. The molecule has 7 heteroatoms. The van der Waals surface area contributed by atoms with Crippen molar-refractivity contribution in [2.45, 2.75) is 12.7 Å². The molecule has 0 aliphatic carbocycles. The van der Waals surface area contributed by atoms with E-state index in [4.69, 9.17) is 5.73 Å². The zero-order chi connectivity index (χ0) is 13.2. The Bertz CT molecular complexity index is 523. The van der Waals surface area contributed by atoms with Crippen LogP contribution in [-0.2, 0) is 12.7 Å². The van der Waals surface area contributed by atoms with Gasteiger partial charge in [-0.05, 0) is 23.6 Å². The van der Waals surface area contributed by atoms with E-state index in [9.17, 15) is 13.2 Å². The fraction of sp³-hybridized carbons (Fsp3) is 0.182. The van der Waals surface area contributed by atoms with Gasteiger partial charge < -0.3 is 11.1 Å². The minimum absolute atomic E-state index is 0.121. The molecular weight excluding hydrogens is 263 g/mol. The molecule has 2 aromatic rings. The van der Waals surface area contributed by atoms with Crippen molar-refractivity contribution in [3.8, 4) is 0 Å². The van der Waals surface area contributed by atoms with Crippen molar-refractivity contribution in [1.82, 2.24) is 4.98 Å². The summed E-state index contributed by atoms with van der Waals surface area (Å²) in [7, 11) is 0. The summed E-state index contributed by atoms with van der Waals surface area (Å²) in [5.41, 5.74) is 4.55. The summed E-state index contributed by atoms with van der Waals surface area (Å²) in [4.78, 5) is 4.83. The van der Waals surface area contributed by atoms with Gasteiger partial charge in [-0.1, -0.05) is 6.07 Å². The fourth-order valence-electron chi connectivity index (χ4n) is 1.40. The molecule has 0 amide bonds. The van der Waals surface area contributed by atoms with Crippen LogP contribution in [0.1, 0.15) is 10.4 Å². The predicted octanol–water partition coefficient (Wildman–Crippen LogP) is 3.36. The summed E-state index contributed by atoms with van der Waals surface area (Å²) in [6, 6.07) is 5.52. The van der Waals surface area contributed by atoms with E-state index in [2.05, 4.69) is 10.3 Å². The maximum Gasteiger partial charge on any atom is 0.416 e. The van der Waals surface area contributed by atoms with Crippen LogP contribution >= 0.6 is 11.3 Å². The largest absolute Gasteiger partial charge is 0.416 e. The van der Waals surface area contributed by atoms with E-state index in [0.717, 1.165) is 17.0 Å². The Balaban J connectivity index is 2.15. The van der Waals surface area contributed by atoms with Crippen molar-refractivity contribution in [2.24, 2.45) is 0 Å². The van der Waals surface area contributed by atoms with E-state index in [-0.39, 0.29) is 11.6 Å². The standard InChI is InChI=1S/C11H10F3N3S/c12-11(13,14)7-4-9(15)17-10(5-7)16-6-8-2-1-3-18-8/h1-5H,6H2,(H3,15,16,17). The van der Waals surface area contributed by atoms with Crippen molar-refractivity contribution in [3.63, 3.8) is 0 Å². The second-order valence-corrected chi connectivity index (χ2v) is 4.63. The molecule has 0 aromatic carbocycles. The van der Waals surface area contributed by atoms with Gasteiger partial charge in [0.05, 0.1) is 12.1 Å². The molecule has 3 N–H and O–H groups in total. The van der Waals surface area contributed by atoms with Crippen LogP contribution in [0, 0.1) is 0 Å². The Kier molecular flexibility index (Phi) is 3.42. The van der Waals surface area contributed by atoms with Crippen LogP contribution < -0.4 is 11.1 Å². The molecule has 0 atom stereocenters. The molecule has 0 saturated heterocycles. The Labute approximate surface area is 105 Å². The zero-order valence-corrected chi connectivity index (χ0v) is 9.98. The second kappa shape index (κ2) is 4.85. The average molecular weight is 273 g/mol. The van der Waals surface area contributed by atoms with Crippen molar-refractivity contribution < 1.29 is 13.2 Å². The second-order valence-electron chi connectivity index (χ2n) is 3.60. The SMILES string of the molecule is Nc1cc(C(F)(F)F)cc(NCc2cccs2)n1. The molecule has 96 valence electrons. The summed E-state index contributed by atoms with van der Waals surface area (Å²) in [6.45, 7) is 0.422. The van der Waals surface area contributed by atoms with Gasteiger partial charge in [0.2, 0.25) is 0 Å². The van der Waals surface area contributed by atoms with E-state index in [1.165, 1.54) is 11.3 Å². The molecule has 2 rings (SSSR count). The lowest BCUT2D eigenvalue weighted by Gasteiger charge is -2.10. The third kappa shape index (κ3) is 3.13. The van der Waals surface area contributed by atoms with Gasteiger partial charge in [-0.2, -0.15) is 13.2 Å². The first-order valence-electron chi connectivity index (χ1n) is 5.06. The molecule has 2 heterocycles. The molecule has 0 radical (unpaired) electrons. The van der Waals surface area contributed by atoms with Gasteiger partial charge in [0.25, 0.3) is 0 Å². The first-order chi connectivity index (χ1) is 8.45. The minimum atomic E-state index is -4.42. The van der Waals surface area contributed by atoms with Crippen molar-refractivity contribution in [2.75, 3.05) is 11.1 Å². The highest BCUT2D eigenvalue weighted by molar-refractivity contribution is 7.09. The number of halogens is 3. The molecule has 0 unspecified atom stereocenters. The maximum atomic E-state index is 12.6. The number of nitrogens with one attached hydrogen (secondary N) is 1. The molecule has 0 bridgehead atoms. The fourth-order valence-corrected chi connectivity index (χ4v) is 2.04. The number of nitrogens with two attached hydrogens (primary N) is 1. The number of nitrogen functional groups attached to an aromatic ring is 1. The number of anilines is 2. The molecule has 2 aromatic heterocycles. The number of aromatic nitrogens is 1. The molecule has 0 aliphatic rings. The van der Waals surface area contributed by atoms with Crippen molar-refractivity contribution in [1.29, 1.82) is 0 Å². The summed E-state index contributed by atoms with van der Waals surface area (Å²) >= 11 is 1.51. The third-order valence-electron chi connectivity index (χ3n) is 2.20. The number of hydrogen-bond acceptors (Lipinski definition) is 4. The zero-order valence-electron chi connectivity index (χ0n) is 9.16. The molecular formula is C11H10F3N3S. The Morgan fingerprint density at radius 1 is 1.33 bits per heavy atom. The van der Waals surface area contributed by atoms with Gasteiger partial charge in [0.1, 0.15) is 11.6 Å². The third-order valence-corrected chi connectivity index (χ3v) is 3.07. The van der Waals surface area contributed by atoms with Gasteiger partial charge >= 0.3 is 6.18 Å². The van der Waals surface area contributed by atoms with Gasteiger partial charge in [-0.25, -0.2) is 4.98 Å². The van der Waals surface area contributed by atoms with Crippen molar-refractivity contribution >= 4 is 23.0 Å². The van der Waals surface area contributed by atoms with Crippen LogP contribution in [0.25, 0.3) is 0 Å². The summed E-state index contributed by atoms with van der Waals surface area (Å²) in [6.07, 6.45) is -4.42. The Morgan fingerprint density at radius 3 is 2.72 bits per heavy atom. The topological polar surface area (TPSA) is 50.9 Å². The summed E-state index contributed by atoms with van der Waals surface area (Å²) < 4.78 is 37.7. The van der Waals surface area contributed by atoms with Gasteiger partial charge in [-0.15, -0.1) is 11.3 Å². The number of hydrogen-bond donors (Lipinski definition) is 2. The van der Waals surface area contributed by atoms with Crippen molar-refractivity contribution in [3.05, 3.63) is 40.1 Å². The number of pyridine rings is 1. The maximum absolute atomic E-state index is 12.6. The molecule has 3 nitrogen and oxygen atoms in total. The Hall–Kier alpha value is -1.76. The normalized spacial score (nSPS) is 11.5. The van der Waals surface area contributed by atoms with Gasteiger partial charge in [-0.3, -0.25) is 0 Å².